The van der Waals surface area contributed by atoms with Crippen LogP contribution in [0.4, 0.5) is 0 Å². The number of hydrogen-bond donors (Lipinski definition) is 8. The van der Waals surface area contributed by atoms with Gasteiger partial charge in [-0.05, 0) is 30.0 Å². The summed E-state index contributed by atoms with van der Waals surface area (Å²) in [4.78, 5) is 59.8. The molecule has 0 spiro atoms. The van der Waals surface area contributed by atoms with Gasteiger partial charge in [0.25, 0.3) is 0 Å². The van der Waals surface area contributed by atoms with E-state index in [2.05, 4.69) is 28.6 Å². The van der Waals surface area contributed by atoms with Crippen LogP contribution in [-0.2, 0) is 30.4 Å². The molecule has 0 heterocycles. The summed E-state index contributed by atoms with van der Waals surface area (Å²) in [6.45, 7) is 3.19. The predicted molar refractivity (Wildman–Crippen MR) is 124 cm³/mol. The number of amides is 3. The first-order valence-electron chi connectivity index (χ1n) is 10.4. The van der Waals surface area contributed by atoms with Crippen LogP contribution in [0.15, 0.2) is 24.3 Å². The second-order valence-electron chi connectivity index (χ2n) is 7.95. The summed E-state index contributed by atoms with van der Waals surface area (Å²) in [7, 11) is 0. The van der Waals surface area contributed by atoms with Gasteiger partial charge in [0.1, 0.15) is 23.9 Å². The molecule has 1 aromatic carbocycles. The Morgan fingerprint density at radius 2 is 1.47 bits per heavy atom. The van der Waals surface area contributed by atoms with Gasteiger partial charge >= 0.3 is 11.9 Å². The maximum absolute atomic E-state index is 12.7. The molecule has 34 heavy (non-hydrogen) atoms. The molecule has 0 aromatic heterocycles. The average molecular weight is 499 g/mol. The van der Waals surface area contributed by atoms with Crippen molar-refractivity contribution in [1.29, 1.82) is 0 Å². The molecule has 3 amide bonds. The number of phenolic OH excluding ortho intramolecular Hbond substituents is 1. The van der Waals surface area contributed by atoms with Crippen LogP contribution >= 0.6 is 12.6 Å². The lowest BCUT2D eigenvalue weighted by Crippen LogP contribution is -2.59. The Morgan fingerprint density at radius 3 is 1.94 bits per heavy atom. The Labute approximate surface area is 201 Å². The Balaban J connectivity index is 2.80. The molecule has 13 heteroatoms. The van der Waals surface area contributed by atoms with E-state index in [0.29, 0.717) is 5.56 Å². The SMILES string of the molecule is CC(C)C(NC(=O)C(CS)NC(=O)C(N)Cc1ccc(O)cc1)C(=O)NC(CC(=O)O)C(=O)O. The van der Waals surface area contributed by atoms with Crippen molar-refractivity contribution < 1.29 is 39.3 Å². The van der Waals surface area contributed by atoms with Gasteiger partial charge in [-0.25, -0.2) is 4.79 Å². The number of carboxylic acid groups (broad SMARTS) is 2. The summed E-state index contributed by atoms with van der Waals surface area (Å²) in [6, 6.07) is 1.08. The van der Waals surface area contributed by atoms with E-state index in [9.17, 15) is 29.1 Å². The number of benzene rings is 1. The smallest absolute Gasteiger partial charge is 0.326 e. The Hall–Kier alpha value is -3.32. The number of thiol groups is 1. The minimum absolute atomic E-state index is 0.0648. The number of carbonyl (C=O) groups is 5. The van der Waals surface area contributed by atoms with Gasteiger partial charge in [0.05, 0.1) is 12.5 Å². The van der Waals surface area contributed by atoms with E-state index in [1.807, 2.05) is 0 Å². The summed E-state index contributed by atoms with van der Waals surface area (Å²) in [6.07, 6.45) is -0.696. The molecule has 0 saturated carbocycles. The molecule has 1 rings (SSSR count). The second kappa shape index (κ2) is 13.4. The first-order valence-corrected chi connectivity index (χ1v) is 11.0. The molecule has 0 saturated heterocycles. The highest BCUT2D eigenvalue weighted by atomic mass is 32.1. The van der Waals surface area contributed by atoms with Crippen molar-refractivity contribution >= 4 is 42.3 Å². The molecule has 0 radical (unpaired) electrons. The van der Waals surface area contributed by atoms with Crippen molar-refractivity contribution in [2.24, 2.45) is 11.7 Å². The lowest BCUT2D eigenvalue weighted by molar-refractivity contribution is -0.147. The zero-order chi connectivity index (χ0) is 26.0. The minimum atomic E-state index is -1.68. The highest BCUT2D eigenvalue weighted by molar-refractivity contribution is 7.80. The van der Waals surface area contributed by atoms with E-state index in [0.717, 1.165) is 0 Å². The number of nitrogens with two attached hydrogens (primary N) is 1. The fourth-order valence-corrected chi connectivity index (χ4v) is 3.13. The van der Waals surface area contributed by atoms with Crippen molar-refractivity contribution in [2.45, 2.75) is 50.9 Å². The van der Waals surface area contributed by atoms with Crippen molar-refractivity contribution in [1.82, 2.24) is 16.0 Å². The number of aliphatic carboxylic acids is 2. The van der Waals surface area contributed by atoms with Gasteiger partial charge in [-0.1, -0.05) is 26.0 Å². The van der Waals surface area contributed by atoms with Crippen LogP contribution in [0.2, 0.25) is 0 Å². The van der Waals surface area contributed by atoms with Crippen molar-refractivity contribution in [3.8, 4) is 5.75 Å². The third kappa shape index (κ3) is 9.27. The molecule has 0 aliphatic heterocycles. The maximum Gasteiger partial charge on any atom is 0.326 e. The number of rotatable bonds is 13. The largest absolute Gasteiger partial charge is 0.508 e. The quantitative estimate of drug-likeness (QED) is 0.154. The van der Waals surface area contributed by atoms with Gasteiger partial charge in [-0.2, -0.15) is 12.6 Å². The molecule has 4 atom stereocenters. The lowest BCUT2D eigenvalue weighted by atomic mass is 10.0. The summed E-state index contributed by atoms with van der Waals surface area (Å²) >= 11 is 4.07. The topological polar surface area (TPSA) is 208 Å². The molecular formula is C21H30N4O8S. The van der Waals surface area contributed by atoms with E-state index >= 15 is 0 Å². The van der Waals surface area contributed by atoms with Gasteiger partial charge in [-0.3, -0.25) is 19.2 Å². The van der Waals surface area contributed by atoms with E-state index < -0.39 is 66.2 Å². The average Bonchev–Trinajstić information content (AvgIpc) is 2.75. The van der Waals surface area contributed by atoms with Gasteiger partial charge < -0.3 is 37.0 Å². The normalized spacial score (nSPS) is 14.4. The molecule has 188 valence electrons. The van der Waals surface area contributed by atoms with Crippen LogP contribution in [0.5, 0.6) is 5.75 Å². The Bertz CT molecular complexity index is 893. The molecule has 0 aliphatic rings. The molecule has 12 nitrogen and oxygen atoms in total. The number of hydrogen-bond acceptors (Lipinski definition) is 8. The van der Waals surface area contributed by atoms with E-state index in [1.165, 1.54) is 12.1 Å². The van der Waals surface area contributed by atoms with Crippen LogP contribution in [0.3, 0.4) is 0 Å². The molecule has 8 N–H and O–H groups in total. The fourth-order valence-electron chi connectivity index (χ4n) is 2.88. The van der Waals surface area contributed by atoms with Gasteiger partial charge in [0.2, 0.25) is 17.7 Å². The third-order valence-electron chi connectivity index (χ3n) is 4.78. The van der Waals surface area contributed by atoms with Crippen LogP contribution in [0, 0.1) is 5.92 Å². The zero-order valence-electron chi connectivity index (χ0n) is 18.7. The van der Waals surface area contributed by atoms with Gasteiger partial charge in [0, 0.05) is 5.75 Å². The first kappa shape index (κ1) is 28.7. The fraction of sp³-hybridized carbons (Fsp3) is 0.476. The van der Waals surface area contributed by atoms with Crippen molar-refractivity contribution in [2.75, 3.05) is 5.75 Å². The monoisotopic (exact) mass is 498 g/mol. The minimum Gasteiger partial charge on any atom is -0.508 e. The molecule has 4 unspecified atom stereocenters. The Kier molecular flexibility index (Phi) is 11.3. The van der Waals surface area contributed by atoms with Gasteiger partial charge in [-0.15, -0.1) is 0 Å². The molecule has 1 aromatic rings. The third-order valence-corrected chi connectivity index (χ3v) is 5.15. The lowest BCUT2D eigenvalue weighted by Gasteiger charge is -2.26. The van der Waals surface area contributed by atoms with Crippen molar-refractivity contribution in [3.05, 3.63) is 29.8 Å². The summed E-state index contributed by atoms with van der Waals surface area (Å²) < 4.78 is 0. The molecule has 0 aliphatic carbocycles. The van der Waals surface area contributed by atoms with Gasteiger partial charge in [0.15, 0.2) is 0 Å². The zero-order valence-corrected chi connectivity index (χ0v) is 19.6. The van der Waals surface area contributed by atoms with E-state index in [4.69, 9.17) is 15.9 Å². The number of aromatic hydroxyl groups is 1. The molecular weight excluding hydrogens is 468 g/mol. The van der Waals surface area contributed by atoms with Crippen LogP contribution < -0.4 is 21.7 Å². The molecule has 0 fully saturated rings. The highest BCUT2D eigenvalue weighted by Crippen LogP contribution is 2.11. The number of carboxylic acids is 2. The first-order chi connectivity index (χ1) is 15.8. The van der Waals surface area contributed by atoms with Crippen LogP contribution in [0.25, 0.3) is 0 Å². The summed E-state index contributed by atoms with van der Waals surface area (Å²) in [5, 5.41) is 34.3. The highest BCUT2D eigenvalue weighted by Gasteiger charge is 2.32. The standard InChI is InChI=1S/C21H30N4O8S/c1-10(2)17(20(31)23-14(21(32)33)8-16(27)28)25-19(30)15(9-34)24-18(29)13(22)7-11-3-5-12(26)6-4-11/h3-6,10,13-15,17,26,34H,7-9,22H2,1-2H3,(H,23,31)(H,24,29)(H,25,30)(H,27,28)(H,32,33). The molecule has 0 bridgehead atoms. The van der Waals surface area contributed by atoms with Crippen LogP contribution in [0.1, 0.15) is 25.8 Å². The van der Waals surface area contributed by atoms with E-state index in [-0.39, 0.29) is 17.9 Å². The second-order valence-corrected chi connectivity index (χ2v) is 8.31. The van der Waals surface area contributed by atoms with E-state index in [1.54, 1.807) is 26.0 Å². The summed E-state index contributed by atoms with van der Waals surface area (Å²) in [5.74, 6) is -5.77. The maximum atomic E-state index is 12.7. The number of carbonyl (C=O) groups excluding carboxylic acids is 3. The number of phenols is 1. The van der Waals surface area contributed by atoms with Crippen LogP contribution in [-0.4, -0.2) is 74.9 Å². The summed E-state index contributed by atoms with van der Waals surface area (Å²) in [5.41, 5.74) is 6.60. The van der Waals surface area contributed by atoms with Crippen molar-refractivity contribution in [3.63, 3.8) is 0 Å². The number of nitrogens with one attached hydrogen (secondary N) is 3. The predicted octanol–water partition coefficient (Wildman–Crippen LogP) is -1.14. The Morgan fingerprint density at radius 1 is 0.912 bits per heavy atom.